The van der Waals surface area contributed by atoms with E-state index in [-0.39, 0.29) is 34.4 Å². The number of carbonyl (C=O) groups is 3. The van der Waals surface area contributed by atoms with Crippen LogP contribution in [-0.2, 0) is 9.53 Å². The molecule has 1 unspecified atom stereocenters. The average molecular weight is 314 g/mol. The highest BCUT2D eigenvalue weighted by Crippen LogP contribution is 2.42. The maximum atomic E-state index is 13.0. The molecule has 6 heteroatoms. The number of methoxy groups -OCH3 is 2. The van der Waals surface area contributed by atoms with E-state index in [1.807, 2.05) is 0 Å². The topological polar surface area (TPSA) is 89.9 Å². The molecule has 2 aliphatic rings. The van der Waals surface area contributed by atoms with Gasteiger partial charge in [0.25, 0.3) is 0 Å². The second-order valence-electron chi connectivity index (χ2n) is 5.27. The van der Waals surface area contributed by atoms with Crippen LogP contribution in [0.2, 0.25) is 0 Å². The summed E-state index contributed by atoms with van der Waals surface area (Å²) in [5.74, 6) is -2.04. The maximum absolute atomic E-state index is 13.0. The van der Waals surface area contributed by atoms with Crippen molar-refractivity contribution in [3.8, 4) is 5.75 Å². The van der Waals surface area contributed by atoms with Crippen molar-refractivity contribution in [2.75, 3.05) is 14.2 Å². The van der Waals surface area contributed by atoms with Gasteiger partial charge in [-0.05, 0) is 6.07 Å². The molecule has 3 rings (SSSR count). The number of benzene rings is 1. The lowest BCUT2D eigenvalue weighted by atomic mass is 9.72. The summed E-state index contributed by atoms with van der Waals surface area (Å²) < 4.78 is 10.4. The zero-order chi connectivity index (χ0) is 16.8. The minimum atomic E-state index is -1.87. The molecule has 0 aromatic heterocycles. The molecule has 0 heterocycles. The third kappa shape index (κ3) is 1.88. The first kappa shape index (κ1) is 15.2. The van der Waals surface area contributed by atoms with Gasteiger partial charge in [0.15, 0.2) is 17.2 Å². The van der Waals surface area contributed by atoms with E-state index in [0.717, 1.165) is 0 Å². The largest absolute Gasteiger partial charge is 0.496 e. The molecule has 0 radical (unpaired) electrons. The summed E-state index contributed by atoms with van der Waals surface area (Å²) in [5, 5.41) is 9.62. The zero-order valence-corrected chi connectivity index (χ0v) is 12.6. The van der Waals surface area contributed by atoms with Gasteiger partial charge in [0, 0.05) is 24.7 Å². The van der Waals surface area contributed by atoms with Gasteiger partial charge in [-0.15, -0.1) is 0 Å². The Labute approximate surface area is 132 Å². The summed E-state index contributed by atoms with van der Waals surface area (Å²) >= 11 is 0. The van der Waals surface area contributed by atoms with Crippen LogP contribution in [0.15, 0.2) is 41.5 Å². The van der Waals surface area contributed by atoms with Gasteiger partial charge in [-0.3, -0.25) is 9.59 Å². The Balaban J connectivity index is 2.33. The number of ketones is 2. The first-order valence-corrected chi connectivity index (χ1v) is 6.94. The van der Waals surface area contributed by atoms with Gasteiger partial charge < -0.3 is 14.6 Å². The van der Waals surface area contributed by atoms with E-state index in [0.29, 0.717) is 0 Å². The second-order valence-corrected chi connectivity index (χ2v) is 5.27. The zero-order valence-electron chi connectivity index (χ0n) is 12.6. The molecule has 0 fully saturated rings. The summed E-state index contributed by atoms with van der Waals surface area (Å²) in [5.41, 5.74) is -1.66. The molecular formula is C17H14O6. The minimum Gasteiger partial charge on any atom is -0.496 e. The van der Waals surface area contributed by atoms with Crippen molar-refractivity contribution in [1.29, 1.82) is 0 Å². The van der Waals surface area contributed by atoms with Crippen LogP contribution in [0.1, 0.15) is 27.1 Å². The molecule has 0 saturated heterocycles. The first-order chi connectivity index (χ1) is 11.0. The number of aliphatic carboxylic acids is 1. The van der Waals surface area contributed by atoms with E-state index >= 15 is 0 Å². The third-order valence-corrected chi connectivity index (χ3v) is 4.25. The molecule has 0 aliphatic heterocycles. The summed E-state index contributed by atoms with van der Waals surface area (Å²) in [7, 11) is 2.60. The lowest BCUT2D eigenvalue weighted by molar-refractivity contribution is -0.157. The Hall–Kier alpha value is -2.73. The van der Waals surface area contributed by atoms with Gasteiger partial charge in [-0.25, -0.2) is 4.79 Å². The molecule has 0 bridgehead atoms. The van der Waals surface area contributed by atoms with Crippen LogP contribution in [-0.4, -0.2) is 42.5 Å². The highest BCUT2D eigenvalue weighted by molar-refractivity contribution is 6.31. The van der Waals surface area contributed by atoms with E-state index in [9.17, 15) is 19.5 Å². The van der Waals surface area contributed by atoms with E-state index in [1.54, 1.807) is 12.1 Å². The Morgan fingerprint density at radius 1 is 1.22 bits per heavy atom. The fourth-order valence-corrected chi connectivity index (χ4v) is 3.10. The molecular weight excluding hydrogens is 300 g/mol. The number of hydrogen-bond donors (Lipinski definition) is 1. The molecule has 1 atom stereocenters. The quantitative estimate of drug-likeness (QED) is 0.915. The van der Waals surface area contributed by atoms with Crippen molar-refractivity contribution >= 4 is 17.5 Å². The molecule has 0 saturated carbocycles. The number of allylic oxidation sites excluding steroid dienone is 2. The Kier molecular flexibility index (Phi) is 3.41. The molecule has 118 valence electrons. The van der Waals surface area contributed by atoms with Crippen LogP contribution >= 0.6 is 0 Å². The Bertz CT molecular complexity index is 801. The SMILES string of the molecule is COc1cccc2c1C(=O)C1=C(C=CCC1(OC)C(=O)O)C2=O. The third-order valence-electron chi connectivity index (χ3n) is 4.25. The van der Waals surface area contributed by atoms with Crippen LogP contribution in [0.25, 0.3) is 0 Å². The summed E-state index contributed by atoms with van der Waals surface area (Å²) in [4.78, 5) is 37.5. The van der Waals surface area contributed by atoms with Crippen molar-refractivity contribution in [3.05, 3.63) is 52.6 Å². The summed E-state index contributed by atoms with van der Waals surface area (Å²) in [6.07, 6.45) is 2.99. The lowest BCUT2D eigenvalue weighted by Gasteiger charge is -2.35. The predicted octanol–water partition coefficient (Wildman–Crippen LogP) is 1.80. The number of ether oxygens (including phenoxy) is 2. The molecule has 2 aliphatic carbocycles. The monoisotopic (exact) mass is 314 g/mol. The number of carbonyl (C=O) groups excluding carboxylic acids is 2. The first-order valence-electron chi connectivity index (χ1n) is 6.94. The van der Waals surface area contributed by atoms with Crippen molar-refractivity contribution in [2.24, 2.45) is 0 Å². The smallest absolute Gasteiger partial charge is 0.341 e. The number of carboxylic acids is 1. The molecule has 1 aromatic rings. The van der Waals surface area contributed by atoms with Gasteiger partial charge in [-0.2, -0.15) is 0 Å². The average Bonchev–Trinajstić information content (AvgIpc) is 2.57. The van der Waals surface area contributed by atoms with E-state index < -0.39 is 23.1 Å². The van der Waals surface area contributed by atoms with Crippen LogP contribution in [0.3, 0.4) is 0 Å². The van der Waals surface area contributed by atoms with Crippen molar-refractivity contribution in [1.82, 2.24) is 0 Å². The highest BCUT2D eigenvalue weighted by atomic mass is 16.5. The van der Waals surface area contributed by atoms with Gasteiger partial charge in [0.1, 0.15) is 5.75 Å². The Morgan fingerprint density at radius 2 is 1.96 bits per heavy atom. The van der Waals surface area contributed by atoms with Gasteiger partial charge >= 0.3 is 5.97 Å². The second kappa shape index (κ2) is 5.17. The molecule has 0 amide bonds. The van der Waals surface area contributed by atoms with Gasteiger partial charge in [0.2, 0.25) is 0 Å². The summed E-state index contributed by atoms with van der Waals surface area (Å²) in [6, 6.07) is 4.70. The number of Topliss-reactive ketones (excluding diaryl/α,β-unsaturated/α-hetero) is 2. The normalized spacial score (nSPS) is 22.7. The van der Waals surface area contributed by atoms with E-state index in [2.05, 4.69) is 0 Å². The number of fused-ring (bicyclic) bond motifs is 1. The molecule has 6 nitrogen and oxygen atoms in total. The highest BCUT2D eigenvalue weighted by Gasteiger charge is 2.51. The van der Waals surface area contributed by atoms with Crippen LogP contribution in [0.5, 0.6) is 5.75 Å². The fraction of sp³-hybridized carbons (Fsp3) is 0.235. The maximum Gasteiger partial charge on any atom is 0.341 e. The van der Waals surface area contributed by atoms with Crippen LogP contribution < -0.4 is 4.74 Å². The van der Waals surface area contributed by atoms with E-state index in [1.165, 1.54) is 32.4 Å². The standard InChI is InChI=1S/C17H14O6/c1-22-11-7-3-5-9-12(11)15(19)13-10(14(9)18)6-4-8-17(13,23-2)16(20)21/h3-7H,8H2,1-2H3,(H,20,21). The molecule has 23 heavy (non-hydrogen) atoms. The lowest BCUT2D eigenvalue weighted by Crippen LogP contribution is -2.48. The Morgan fingerprint density at radius 3 is 2.57 bits per heavy atom. The van der Waals surface area contributed by atoms with Gasteiger partial charge in [-0.1, -0.05) is 24.3 Å². The summed E-state index contributed by atoms with van der Waals surface area (Å²) in [6.45, 7) is 0. The fourth-order valence-electron chi connectivity index (χ4n) is 3.10. The molecule has 0 spiro atoms. The number of rotatable bonds is 3. The molecule has 1 aromatic carbocycles. The van der Waals surface area contributed by atoms with Crippen molar-refractivity contribution in [2.45, 2.75) is 12.0 Å². The van der Waals surface area contributed by atoms with Crippen molar-refractivity contribution in [3.63, 3.8) is 0 Å². The number of hydrogen-bond acceptors (Lipinski definition) is 5. The van der Waals surface area contributed by atoms with Crippen molar-refractivity contribution < 1.29 is 29.0 Å². The van der Waals surface area contributed by atoms with Crippen LogP contribution in [0.4, 0.5) is 0 Å². The van der Waals surface area contributed by atoms with Crippen LogP contribution in [0, 0.1) is 0 Å². The van der Waals surface area contributed by atoms with Gasteiger partial charge in [0.05, 0.1) is 18.2 Å². The predicted molar refractivity (Wildman–Crippen MR) is 79.8 cm³/mol. The molecule has 1 N–H and O–H groups in total. The number of carboxylic acid groups (broad SMARTS) is 1. The van der Waals surface area contributed by atoms with E-state index in [4.69, 9.17) is 9.47 Å². The minimum absolute atomic E-state index is 0.0266.